The summed E-state index contributed by atoms with van der Waals surface area (Å²) in [4.78, 5) is 0. The molecule has 1 heterocycles. The van der Waals surface area contributed by atoms with Gasteiger partial charge in [0.2, 0.25) is 0 Å². The lowest BCUT2D eigenvalue weighted by Gasteiger charge is -2.49. The van der Waals surface area contributed by atoms with Crippen molar-refractivity contribution in [1.29, 1.82) is 0 Å². The summed E-state index contributed by atoms with van der Waals surface area (Å²) >= 11 is 0. The van der Waals surface area contributed by atoms with Crippen LogP contribution in [0.25, 0.3) is 0 Å². The first kappa shape index (κ1) is 10.1. The van der Waals surface area contributed by atoms with Gasteiger partial charge >= 0.3 is 0 Å². The third-order valence-corrected chi connectivity index (χ3v) is 5.03. The first-order chi connectivity index (χ1) is 7.34. The van der Waals surface area contributed by atoms with Crippen LogP contribution in [0.4, 0.5) is 0 Å². The van der Waals surface area contributed by atoms with E-state index in [1.165, 1.54) is 51.4 Å². The van der Waals surface area contributed by atoms with Crippen LogP contribution in [0.15, 0.2) is 0 Å². The van der Waals surface area contributed by atoms with Gasteiger partial charge in [0, 0.05) is 18.1 Å². The molecular weight excluding hydrogens is 184 g/mol. The highest BCUT2D eigenvalue weighted by Crippen LogP contribution is 2.39. The van der Waals surface area contributed by atoms with Crippen molar-refractivity contribution in [3.63, 3.8) is 0 Å². The molecule has 86 valence electrons. The van der Waals surface area contributed by atoms with Gasteiger partial charge in [-0.3, -0.25) is 0 Å². The Balaban J connectivity index is 1.71. The molecule has 5 unspecified atom stereocenters. The maximum Gasteiger partial charge on any atom is 0.0113 e. The summed E-state index contributed by atoms with van der Waals surface area (Å²) in [7, 11) is 0. The van der Waals surface area contributed by atoms with Crippen molar-refractivity contribution in [3.8, 4) is 0 Å². The molecule has 0 bridgehead atoms. The van der Waals surface area contributed by atoms with Crippen LogP contribution in [0.5, 0.6) is 0 Å². The van der Waals surface area contributed by atoms with E-state index in [1.54, 1.807) is 0 Å². The topological polar surface area (TPSA) is 38.0 Å². The number of nitrogens with one attached hydrogen (secondary N) is 1. The molecule has 15 heavy (non-hydrogen) atoms. The van der Waals surface area contributed by atoms with E-state index in [2.05, 4.69) is 5.32 Å². The molecule has 5 atom stereocenters. The fraction of sp³-hybridized carbons (Fsp3) is 1.00. The van der Waals surface area contributed by atoms with E-state index in [4.69, 9.17) is 5.73 Å². The normalized spacial score (nSPS) is 50.6. The van der Waals surface area contributed by atoms with Gasteiger partial charge < -0.3 is 11.1 Å². The van der Waals surface area contributed by atoms with E-state index in [0.29, 0.717) is 6.04 Å². The number of rotatable bonds is 0. The number of piperidine rings is 1. The number of hydrogen-bond donors (Lipinski definition) is 2. The monoisotopic (exact) mass is 208 g/mol. The Labute approximate surface area is 93.0 Å². The number of hydrogen-bond acceptors (Lipinski definition) is 2. The molecule has 2 nitrogen and oxygen atoms in total. The summed E-state index contributed by atoms with van der Waals surface area (Å²) in [6.07, 6.45) is 11.2. The van der Waals surface area contributed by atoms with Gasteiger partial charge in [0.05, 0.1) is 0 Å². The third-order valence-electron chi connectivity index (χ3n) is 5.03. The van der Waals surface area contributed by atoms with Crippen LogP contribution in [-0.2, 0) is 0 Å². The minimum atomic E-state index is 0.485. The molecule has 3 fully saturated rings. The summed E-state index contributed by atoms with van der Waals surface area (Å²) in [5, 5.41) is 3.91. The zero-order valence-corrected chi connectivity index (χ0v) is 9.62. The summed E-state index contributed by atoms with van der Waals surface area (Å²) < 4.78 is 0. The van der Waals surface area contributed by atoms with Crippen molar-refractivity contribution in [2.75, 3.05) is 0 Å². The molecule has 3 rings (SSSR count). The molecule has 0 aromatic carbocycles. The zero-order valence-electron chi connectivity index (χ0n) is 9.62. The van der Waals surface area contributed by atoms with Crippen molar-refractivity contribution in [2.45, 2.75) is 69.5 Å². The molecule has 0 aromatic rings. The molecule has 2 saturated carbocycles. The Hall–Kier alpha value is -0.0800. The lowest BCUT2D eigenvalue weighted by atomic mass is 9.68. The van der Waals surface area contributed by atoms with E-state index in [0.717, 1.165) is 23.9 Å². The molecule has 0 amide bonds. The van der Waals surface area contributed by atoms with Gasteiger partial charge in [-0.25, -0.2) is 0 Å². The quantitative estimate of drug-likeness (QED) is 0.639. The molecule has 3 N–H and O–H groups in total. The number of nitrogens with two attached hydrogens (primary N) is 1. The minimum Gasteiger partial charge on any atom is -0.327 e. The van der Waals surface area contributed by atoms with E-state index in [-0.39, 0.29) is 0 Å². The van der Waals surface area contributed by atoms with Gasteiger partial charge in [0.25, 0.3) is 0 Å². The van der Waals surface area contributed by atoms with Crippen LogP contribution in [-0.4, -0.2) is 18.1 Å². The van der Waals surface area contributed by atoms with Gasteiger partial charge in [0.1, 0.15) is 0 Å². The van der Waals surface area contributed by atoms with Crippen molar-refractivity contribution in [2.24, 2.45) is 17.6 Å². The fourth-order valence-electron chi connectivity index (χ4n) is 4.18. The predicted octanol–water partition coefficient (Wildman–Crippen LogP) is 2.03. The van der Waals surface area contributed by atoms with Crippen LogP contribution in [0, 0.1) is 11.8 Å². The molecule has 0 aromatic heterocycles. The van der Waals surface area contributed by atoms with Crippen molar-refractivity contribution in [3.05, 3.63) is 0 Å². The van der Waals surface area contributed by atoms with Crippen molar-refractivity contribution in [1.82, 2.24) is 5.32 Å². The lowest BCUT2D eigenvalue weighted by molar-refractivity contribution is 0.0827. The molecule has 3 aliphatic rings. The zero-order chi connectivity index (χ0) is 10.3. The predicted molar refractivity (Wildman–Crippen MR) is 62.6 cm³/mol. The second-order valence-electron chi connectivity index (χ2n) is 5.92. The van der Waals surface area contributed by atoms with Crippen LogP contribution >= 0.6 is 0 Å². The Morgan fingerprint density at radius 1 is 0.867 bits per heavy atom. The average Bonchev–Trinajstić information content (AvgIpc) is 2.27. The lowest BCUT2D eigenvalue weighted by Crippen LogP contribution is -2.58. The Kier molecular flexibility index (Phi) is 2.73. The minimum absolute atomic E-state index is 0.485. The van der Waals surface area contributed by atoms with Crippen LogP contribution in [0.2, 0.25) is 0 Å². The first-order valence-corrected chi connectivity index (χ1v) is 6.86. The van der Waals surface area contributed by atoms with Crippen LogP contribution in [0.3, 0.4) is 0 Å². The highest BCUT2D eigenvalue weighted by atomic mass is 15.0. The summed E-state index contributed by atoms with van der Waals surface area (Å²) in [6.45, 7) is 0. The van der Waals surface area contributed by atoms with E-state index in [1.807, 2.05) is 0 Å². The van der Waals surface area contributed by atoms with Crippen molar-refractivity contribution < 1.29 is 0 Å². The number of fused-ring (bicyclic) bond motifs is 2. The van der Waals surface area contributed by atoms with E-state index in [9.17, 15) is 0 Å². The molecule has 0 radical (unpaired) electrons. The highest BCUT2D eigenvalue weighted by molar-refractivity contribution is 4.98. The Bertz CT molecular complexity index is 229. The second kappa shape index (κ2) is 4.06. The van der Waals surface area contributed by atoms with Gasteiger partial charge in [0.15, 0.2) is 0 Å². The summed E-state index contributed by atoms with van der Waals surface area (Å²) in [5.41, 5.74) is 6.27. The highest BCUT2D eigenvalue weighted by Gasteiger charge is 2.41. The average molecular weight is 208 g/mol. The van der Waals surface area contributed by atoms with Crippen LogP contribution < -0.4 is 11.1 Å². The largest absolute Gasteiger partial charge is 0.327 e. The first-order valence-electron chi connectivity index (χ1n) is 6.86. The van der Waals surface area contributed by atoms with Crippen LogP contribution in [0.1, 0.15) is 51.4 Å². The standard InChI is InChI=1S/C13H24N2/c14-11-5-3-7-13-10(11)8-9-4-1-2-6-12(9)15-13/h9-13,15H,1-8,14H2. The molecular formula is C13H24N2. The molecule has 1 saturated heterocycles. The molecule has 2 aliphatic carbocycles. The van der Waals surface area contributed by atoms with E-state index < -0.39 is 0 Å². The Morgan fingerprint density at radius 3 is 2.60 bits per heavy atom. The van der Waals surface area contributed by atoms with Gasteiger partial charge in [-0.1, -0.05) is 19.3 Å². The van der Waals surface area contributed by atoms with Gasteiger partial charge in [-0.2, -0.15) is 0 Å². The molecule has 1 aliphatic heterocycles. The SMILES string of the molecule is NC1CCCC2NC3CCCCC3CC12. The second-order valence-corrected chi connectivity index (χ2v) is 5.92. The summed E-state index contributed by atoms with van der Waals surface area (Å²) in [5.74, 6) is 1.74. The fourth-order valence-corrected chi connectivity index (χ4v) is 4.18. The third kappa shape index (κ3) is 1.83. The maximum absolute atomic E-state index is 6.27. The Morgan fingerprint density at radius 2 is 1.67 bits per heavy atom. The smallest absolute Gasteiger partial charge is 0.0113 e. The maximum atomic E-state index is 6.27. The molecule has 0 spiro atoms. The van der Waals surface area contributed by atoms with Gasteiger partial charge in [-0.05, 0) is 43.9 Å². The van der Waals surface area contributed by atoms with Gasteiger partial charge in [-0.15, -0.1) is 0 Å². The summed E-state index contributed by atoms with van der Waals surface area (Å²) in [6, 6.07) is 2.08. The van der Waals surface area contributed by atoms with E-state index >= 15 is 0 Å². The van der Waals surface area contributed by atoms with Crippen molar-refractivity contribution >= 4 is 0 Å². The molecule has 2 heteroatoms.